The van der Waals surface area contributed by atoms with E-state index in [4.69, 9.17) is 4.98 Å². The van der Waals surface area contributed by atoms with Crippen LogP contribution in [0.4, 0.5) is 0 Å². The van der Waals surface area contributed by atoms with Crippen molar-refractivity contribution in [3.05, 3.63) is 52.3 Å². The van der Waals surface area contributed by atoms with Crippen molar-refractivity contribution in [3.8, 4) is 11.3 Å². The van der Waals surface area contributed by atoms with E-state index in [1.807, 2.05) is 11.8 Å². The number of likely N-dealkylation sites (N-methyl/N-ethyl adjacent to an activating group) is 1. The van der Waals surface area contributed by atoms with Crippen LogP contribution in [-0.2, 0) is 16.0 Å². The predicted octanol–water partition coefficient (Wildman–Crippen LogP) is 6.64. The lowest BCUT2D eigenvalue weighted by molar-refractivity contribution is -0.139. The number of hydrogen-bond acceptors (Lipinski definition) is 5. The number of nitrogens with zero attached hydrogens (tertiary/aromatic N) is 2. The molecule has 3 atom stereocenters. The molecule has 1 saturated heterocycles. The molecule has 2 N–H and O–H groups in total. The number of benzene rings is 2. The van der Waals surface area contributed by atoms with Gasteiger partial charge in [0.2, 0.25) is 11.8 Å². The SMILES string of the molecule is CCCCc1ccc(-c2csc([C@@H]3CCCN3C(=O)[C@@H](NC(=O)[C@H](C)NC)C3CCCCC3)n2)c2ccccc12. The zero-order chi connectivity index (χ0) is 28.1. The van der Waals surface area contributed by atoms with Crippen molar-refractivity contribution in [1.29, 1.82) is 0 Å². The maximum Gasteiger partial charge on any atom is 0.246 e. The fraction of sp³-hybridized carbons (Fsp3) is 0.545. The average Bonchev–Trinajstić information content (AvgIpc) is 3.68. The summed E-state index contributed by atoms with van der Waals surface area (Å²) in [6.45, 7) is 4.79. The molecule has 2 heterocycles. The van der Waals surface area contributed by atoms with Gasteiger partial charge >= 0.3 is 0 Å². The van der Waals surface area contributed by atoms with Crippen molar-refractivity contribution in [2.45, 2.75) is 96.2 Å². The van der Waals surface area contributed by atoms with Crippen molar-refractivity contribution >= 4 is 33.9 Å². The van der Waals surface area contributed by atoms with E-state index in [1.54, 1.807) is 18.4 Å². The molecule has 1 saturated carbocycles. The summed E-state index contributed by atoms with van der Waals surface area (Å²) in [5.74, 6) is 0.154. The number of aryl methyl sites for hydroxylation is 1. The molecule has 0 bridgehead atoms. The number of nitrogens with one attached hydrogen (secondary N) is 2. The average molecular weight is 561 g/mol. The Bertz CT molecular complexity index is 1310. The number of likely N-dealkylation sites (tertiary alicyclic amines) is 1. The zero-order valence-corrected chi connectivity index (χ0v) is 25.1. The number of rotatable bonds is 10. The molecule has 0 spiro atoms. The Labute approximate surface area is 242 Å². The van der Waals surface area contributed by atoms with Gasteiger partial charge in [-0.25, -0.2) is 4.98 Å². The lowest BCUT2D eigenvalue weighted by atomic mass is 9.83. The van der Waals surface area contributed by atoms with Crippen LogP contribution in [0.5, 0.6) is 0 Å². The minimum absolute atomic E-state index is 0.0361. The Morgan fingerprint density at radius 2 is 1.82 bits per heavy atom. The monoisotopic (exact) mass is 560 g/mol. The van der Waals surface area contributed by atoms with Crippen molar-refractivity contribution in [2.75, 3.05) is 13.6 Å². The molecule has 2 aliphatic rings. The predicted molar refractivity (Wildman–Crippen MR) is 164 cm³/mol. The van der Waals surface area contributed by atoms with Crippen LogP contribution in [0, 0.1) is 5.92 Å². The highest BCUT2D eigenvalue weighted by Crippen LogP contribution is 2.39. The van der Waals surface area contributed by atoms with Crippen LogP contribution < -0.4 is 10.6 Å². The third-order valence-electron chi connectivity index (χ3n) is 8.94. The molecule has 2 fully saturated rings. The topological polar surface area (TPSA) is 74.3 Å². The molecule has 0 radical (unpaired) electrons. The number of carbonyl (C=O) groups excluding carboxylic acids is 2. The minimum Gasteiger partial charge on any atom is -0.343 e. The first kappa shape index (κ1) is 28.7. The summed E-state index contributed by atoms with van der Waals surface area (Å²) in [5, 5.41) is 11.9. The summed E-state index contributed by atoms with van der Waals surface area (Å²) in [6, 6.07) is 12.3. The molecule has 6 nitrogen and oxygen atoms in total. The number of hydrogen-bond donors (Lipinski definition) is 2. The highest BCUT2D eigenvalue weighted by molar-refractivity contribution is 7.10. The summed E-state index contributed by atoms with van der Waals surface area (Å²) >= 11 is 1.66. The van der Waals surface area contributed by atoms with E-state index in [0.717, 1.165) is 61.2 Å². The molecular formula is C33H44N4O2S. The van der Waals surface area contributed by atoms with E-state index >= 15 is 0 Å². The van der Waals surface area contributed by atoms with Crippen molar-refractivity contribution in [1.82, 2.24) is 20.5 Å². The molecule has 2 amide bonds. The number of fused-ring (bicyclic) bond motifs is 1. The second-order valence-electron chi connectivity index (χ2n) is 11.6. The summed E-state index contributed by atoms with van der Waals surface area (Å²) in [4.78, 5) is 34.2. The van der Waals surface area contributed by atoms with Gasteiger partial charge in [0.15, 0.2) is 0 Å². The Morgan fingerprint density at radius 1 is 1.05 bits per heavy atom. The molecular weight excluding hydrogens is 516 g/mol. The Hall–Kier alpha value is -2.77. The lowest BCUT2D eigenvalue weighted by Gasteiger charge is -2.35. The summed E-state index contributed by atoms with van der Waals surface area (Å²) in [7, 11) is 1.78. The first-order chi connectivity index (χ1) is 19.5. The second-order valence-corrected chi connectivity index (χ2v) is 12.5. The third kappa shape index (κ3) is 6.10. The molecule has 214 valence electrons. The number of carbonyl (C=O) groups is 2. The van der Waals surface area contributed by atoms with Crippen molar-refractivity contribution in [3.63, 3.8) is 0 Å². The summed E-state index contributed by atoms with van der Waals surface area (Å²) in [6.07, 6.45) is 10.8. The molecule has 40 heavy (non-hydrogen) atoms. The van der Waals surface area contributed by atoms with Crippen LogP contribution in [0.25, 0.3) is 22.0 Å². The Kier molecular flexibility index (Phi) is 9.53. The Morgan fingerprint density at radius 3 is 2.58 bits per heavy atom. The van der Waals surface area contributed by atoms with E-state index in [-0.39, 0.29) is 29.8 Å². The van der Waals surface area contributed by atoms with Crippen molar-refractivity contribution in [2.24, 2.45) is 5.92 Å². The van der Waals surface area contributed by atoms with E-state index < -0.39 is 6.04 Å². The van der Waals surface area contributed by atoms with Crippen LogP contribution >= 0.6 is 11.3 Å². The van der Waals surface area contributed by atoms with Crippen LogP contribution in [-0.4, -0.2) is 47.4 Å². The van der Waals surface area contributed by atoms with Gasteiger partial charge in [0.05, 0.1) is 17.8 Å². The Balaban J connectivity index is 1.40. The van der Waals surface area contributed by atoms with Crippen LogP contribution in [0.1, 0.15) is 88.2 Å². The number of amides is 2. The lowest BCUT2D eigenvalue weighted by Crippen LogP contribution is -2.55. The first-order valence-electron chi connectivity index (χ1n) is 15.3. The quantitative estimate of drug-likeness (QED) is 0.291. The summed E-state index contributed by atoms with van der Waals surface area (Å²) < 4.78 is 0. The van der Waals surface area contributed by atoms with Gasteiger partial charge in [0.1, 0.15) is 11.0 Å². The van der Waals surface area contributed by atoms with E-state index in [2.05, 4.69) is 59.3 Å². The van der Waals surface area contributed by atoms with Gasteiger partial charge in [-0.3, -0.25) is 9.59 Å². The highest BCUT2D eigenvalue weighted by Gasteiger charge is 2.40. The number of thiazole rings is 1. The van der Waals surface area contributed by atoms with Crippen LogP contribution in [0.3, 0.4) is 0 Å². The van der Waals surface area contributed by atoms with Crippen LogP contribution in [0.2, 0.25) is 0 Å². The van der Waals surface area contributed by atoms with Gasteiger partial charge in [0, 0.05) is 17.5 Å². The molecule has 0 unspecified atom stereocenters. The van der Waals surface area contributed by atoms with Gasteiger partial charge in [-0.05, 0) is 74.8 Å². The molecule has 2 aromatic carbocycles. The highest BCUT2D eigenvalue weighted by atomic mass is 32.1. The maximum absolute atomic E-state index is 14.1. The van der Waals surface area contributed by atoms with Crippen molar-refractivity contribution < 1.29 is 9.59 Å². The zero-order valence-electron chi connectivity index (χ0n) is 24.2. The fourth-order valence-corrected chi connectivity index (χ4v) is 7.42. The van der Waals surface area contributed by atoms with E-state index in [1.165, 1.54) is 35.6 Å². The second kappa shape index (κ2) is 13.3. The molecule has 3 aromatic rings. The molecule has 7 heteroatoms. The number of unbranched alkanes of at least 4 members (excludes halogenated alkanes) is 1. The van der Waals surface area contributed by atoms with Gasteiger partial charge in [-0.2, -0.15) is 0 Å². The van der Waals surface area contributed by atoms with Gasteiger partial charge in [0.25, 0.3) is 0 Å². The smallest absolute Gasteiger partial charge is 0.246 e. The molecule has 1 aliphatic carbocycles. The normalized spacial score (nSPS) is 19.6. The van der Waals surface area contributed by atoms with Gasteiger partial charge in [-0.15, -0.1) is 11.3 Å². The minimum atomic E-state index is -0.469. The molecule has 5 rings (SSSR count). The number of aromatic nitrogens is 1. The van der Waals surface area contributed by atoms with E-state index in [0.29, 0.717) is 6.54 Å². The van der Waals surface area contributed by atoms with Gasteiger partial charge < -0.3 is 15.5 Å². The maximum atomic E-state index is 14.1. The first-order valence-corrected chi connectivity index (χ1v) is 16.1. The third-order valence-corrected chi connectivity index (χ3v) is 9.89. The van der Waals surface area contributed by atoms with E-state index in [9.17, 15) is 9.59 Å². The van der Waals surface area contributed by atoms with Crippen LogP contribution in [0.15, 0.2) is 41.8 Å². The summed E-state index contributed by atoms with van der Waals surface area (Å²) in [5.41, 5.74) is 3.53. The largest absolute Gasteiger partial charge is 0.343 e. The molecule has 1 aromatic heterocycles. The fourth-order valence-electron chi connectivity index (χ4n) is 6.46. The van der Waals surface area contributed by atoms with Gasteiger partial charge in [-0.1, -0.05) is 69.0 Å². The standard InChI is InChI=1S/C33H44N4O2S/c1-4-5-12-23-18-19-27(26-16-10-9-15-25(23)26)28-21-40-32(35-28)29-17-11-20-37(29)33(39)30(24-13-7-6-8-14-24)36-31(38)22(2)34-3/h9-10,15-16,18-19,21-22,24,29-30,34H,4-8,11-14,17,20H2,1-3H3,(H,36,38)/t22-,29-,30-/m0/s1. The molecule has 1 aliphatic heterocycles.